The van der Waals surface area contributed by atoms with Crippen LogP contribution in [0.15, 0.2) is 21.1 Å². The maximum absolute atomic E-state index is 5.40. The number of rotatable bonds is 2. The van der Waals surface area contributed by atoms with E-state index >= 15 is 0 Å². The first-order valence-corrected chi connectivity index (χ1v) is 4.98. The van der Waals surface area contributed by atoms with Gasteiger partial charge in [-0.25, -0.2) is 0 Å². The Kier molecular flexibility index (Phi) is 2.37. The standard InChI is InChI=1S/C10H11NO2S/c1-6-3-9(7(2)12-6)10-4-8(5-14)11-13-10/h3-4,14H,5H2,1-2H3. The van der Waals surface area contributed by atoms with Gasteiger partial charge in [-0.2, -0.15) is 12.6 Å². The molecule has 0 saturated carbocycles. The van der Waals surface area contributed by atoms with Crippen molar-refractivity contribution in [1.29, 1.82) is 0 Å². The highest BCUT2D eigenvalue weighted by Gasteiger charge is 2.12. The molecule has 2 rings (SSSR count). The SMILES string of the molecule is Cc1cc(-c2cc(CS)no2)c(C)o1. The molecule has 0 aliphatic heterocycles. The molecule has 0 unspecified atom stereocenters. The molecule has 2 heterocycles. The van der Waals surface area contributed by atoms with Gasteiger partial charge in [-0.15, -0.1) is 0 Å². The molecule has 0 aromatic carbocycles. The quantitative estimate of drug-likeness (QED) is 0.773. The Labute approximate surface area is 87.5 Å². The van der Waals surface area contributed by atoms with E-state index in [0.29, 0.717) is 5.75 Å². The topological polar surface area (TPSA) is 39.2 Å². The molecular weight excluding hydrogens is 198 g/mol. The fraction of sp³-hybridized carbons (Fsp3) is 0.300. The van der Waals surface area contributed by atoms with E-state index in [2.05, 4.69) is 17.8 Å². The molecule has 0 aliphatic carbocycles. The van der Waals surface area contributed by atoms with Crippen LogP contribution in [0.5, 0.6) is 0 Å². The van der Waals surface area contributed by atoms with E-state index < -0.39 is 0 Å². The third kappa shape index (κ3) is 1.57. The van der Waals surface area contributed by atoms with Crippen molar-refractivity contribution in [3.8, 4) is 11.3 Å². The summed E-state index contributed by atoms with van der Waals surface area (Å²) < 4.78 is 10.6. The van der Waals surface area contributed by atoms with Crippen molar-refractivity contribution in [1.82, 2.24) is 5.16 Å². The van der Waals surface area contributed by atoms with Crippen LogP contribution in [0, 0.1) is 13.8 Å². The lowest BCUT2D eigenvalue weighted by atomic mass is 10.2. The summed E-state index contributed by atoms with van der Waals surface area (Å²) in [6, 6.07) is 3.82. The highest BCUT2D eigenvalue weighted by atomic mass is 32.1. The highest BCUT2D eigenvalue weighted by molar-refractivity contribution is 7.79. The first-order chi connectivity index (χ1) is 6.70. The van der Waals surface area contributed by atoms with Crippen molar-refractivity contribution in [3.05, 3.63) is 29.3 Å². The second-order valence-electron chi connectivity index (χ2n) is 3.17. The lowest BCUT2D eigenvalue weighted by molar-refractivity contribution is 0.425. The minimum absolute atomic E-state index is 0.583. The van der Waals surface area contributed by atoms with Crippen molar-refractivity contribution in [2.75, 3.05) is 0 Å². The van der Waals surface area contributed by atoms with E-state index in [1.165, 1.54) is 0 Å². The lowest BCUT2D eigenvalue weighted by Crippen LogP contribution is -1.72. The monoisotopic (exact) mass is 209 g/mol. The molecule has 0 aliphatic rings. The Morgan fingerprint density at radius 2 is 2.14 bits per heavy atom. The summed E-state index contributed by atoms with van der Waals surface area (Å²) in [6.45, 7) is 3.82. The van der Waals surface area contributed by atoms with E-state index in [9.17, 15) is 0 Å². The lowest BCUT2D eigenvalue weighted by Gasteiger charge is -1.88. The molecule has 0 bridgehead atoms. The van der Waals surface area contributed by atoms with Gasteiger partial charge in [0.15, 0.2) is 5.76 Å². The van der Waals surface area contributed by atoms with Gasteiger partial charge in [-0.05, 0) is 19.9 Å². The third-order valence-corrected chi connectivity index (χ3v) is 2.35. The minimum atomic E-state index is 0.583. The van der Waals surface area contributed by atoms with Crippen LogP contribution in [-0.2, 0) is 5.75 Å². The molecule has 0 N–H and O–H groups in total. The smallest absolute Gasteiger partial charge is 0.170 e. The molecule has 2 aromatic heterocycles. The molecule has 0 fully saturated rings. The van der Waals surface area contributed by atoms with Gasteiger partial charge in [0, 0.05) is 11.8 Å². The zero-order valence-corrected chi connectivity index (χ0v) is 8.97. The van der Waals surface area contributed by atoms with Crippen LogP contribution in [0.3, 0.4) is 0 Å². The average molecular weight is 209 g/mol. The van der Waals surface area contributed by atoms with Gasteiger partial charge in [0.2, 0.25) is 0 Å². The van der Waals surface area contributed by atoms with Crippen molar-refractivity contribution in [2.24, 2.45) is 0 Å². The maximum Gasteiger partial charge on any atom is 0.170 e. The van der Waals surface area contributed by atoms with E-state index in [0.717, 1.165) is 28.5 Å². The Morgan fingerprint density at radius 3 is 2.64 bits per heavy atom. The Bertz CT molecular complexity index is 445. The molecule has 4 heteroatoms. The summed E-state index contributed by atoms with van der Waals surface area (Å²) in [7, 11) is 0. The molecule has 0 amide bonds. The summed E-state index contributed by atoms with van der Waals surface area (Å²) >= 11 is 4.12. The van der Waals surface area contributed by atoms with Gasteiger partial charge in [0.1, 0.15) is 11.5 Å². The Morgan fingerprint density at radius 1 is 1.36 bits per heavy atom. The van der Waals surface area contributed by atoms with Gasteiger partial charge in [-0.3, -0.25) is 0 Å². The number of aromatic nitrogens is 1. The number of nitrogens with zero attached hydrogens (tertiary/aromatic N) is 1. The van der Waals surface area contributed by atoms with Crippen molar-refractivity contribution in [2.45, 2.75) is 19.6 Å². The Hall–Kier alpha value is -1.16. The molecule has 0 atom stereocenters. The summed E-state index contributed by atoms with van der Waals surface area (Å²) in [5.41, 5.74) is 1.80. The van der Waals surface area contributed by atoms with Crippen LogP contribution < -0.4 is 0 Å². The second kappa shape index (κ2) is 3.53. The number of aryl methyl sites for hydroxylation is 2. The molecule has 3 nitrogen and oxygen atoms in total. The number of hydrogen-bond donors (Lipinski definition) is 1. The molecule has 2 aromatic rings. The van der Waals surface area contributed by atoms with Crippen molar-refractivity contribution in [3.63, 3.8) is 0 Å². The molecule has 0 spiro atoms. The average Bonchev–Trinajstić information content (AvgIpc) is 2.71. The zero-order valence-electron chi connectivity index (χ0n) is 8.07. The predicted molar refractivity (Wildman–Crippen MR) is 56.4 cm³/mol. The first kappa shape index (κ1) is 9.40. The Balaban J connectivity index is 2.43. The van der Waals surface area contributed by atoms with Gasteiger partial charge >= 0.3 is 0 Å². The second-order valence-corrected chi connectivity index (χ2v) is 3.48. The summed E-state index contributed by atoms with van der Waals surface area (Å²) in [6.07, 6.45) is 0. The summed E-state index contributed by atoms with van der Waals surface area (Å²) in [5.74, 6) is 3.05. The van der Waals surface area contributed by atoms with E-state index in [-0.39, 0.29) is 0 Å². The van der Waals surface area contributed by atoms with Crippen LogP contribution in [0.4, 0.5) is 0 Å². The fourth-order valence-electron chi connectivity index (χ4n) is 1.39. The molecule has 14 heavy (non-hydrogen) atoms. The highest BCUT2D eigenvalue weighted by Crippen LogP contribution is 2.27. The van der Waals surface area contributed by atoms with Crippen LogP contribution in [0.2, 0.25) is 0 Å². The number of furan rings is 1. The summed E-state index contributed by atoms with van der Waals surface area (Å²) in [5, 5.41) is 3.87. The van der Waals surface area contributed by atoms with Crippen LogP contribution >= 0.6 is 12.6 Å². The minimum Gasteiger partial charge on any atom is -0.466 e. The largest absolute Gasteiger partial charge is 0.466 e. The zero-order chi connectivity index (χ0) is 10.1. The number of thiol groups is 1. The first-order valence-electron chi connectivity index (χ1n) is 4.34. The van der Waals surface area contributed by atoms with Gasteiger partial charge in [-0.1, -0.05) is 5.16 Å². The van der Waals surface area contributed by atoms with Gasteiger partial charge < -0.3 is 8.94 Å². The predicted octanol–water partition coefficient (Wildman–Crippen LogP) is 2.98. The fourth-order valence-corrected chi connectivity index (χ4v) is 1.54. The van der Waals surface area contributed by atoms with Crippen LogP contribution in [0.1, 0.15) is 17.2 Å². The third-order valence-electron chi connectivity index (χ3n) is 2.03. The van der Waals surface area contributed by atoms with Crippen molar-refractivity contribution >= 4 is 12.6 Å². The molecule has 0 saturated heterocycles. The summed E-state index contributed by atoms with van der Waals surface area (Å²) in [4.78, 5) is 0. The van der Waals surface area contributed by atoms with E-state index in [1.807, 2.05) is 26.0 Å². The van der Waals surface area contributed by atoms with E-state index in [4.69, 9.17) is 8.94 Å². The molecular formula is C10H11NO2S. The van der Waals surface area contributed by atoms with E-state index in [1.54, 1.807) is 0 Å². The van der Waals surface area contributed by atoms with Gasteiger partial charge in [0.25, 0.3) is 0 Å². The molecule has 74 valence electrons. The normalized spacial score (nSPS) is 10.8. The van der Waals surface area contributed by atoms with Crippen LogP contribution in [0.25, 0.3) is 11.3 Å². The molecule has 0 radical (unpaired) electrons. The van der Waals surface area contributed by atoms with Crippen LogP contribution in [-0.4, -0.2) is 5.16 Å². The van der Waals surface area contributed by atoms with Gasteiger partial charge in [0.05, 0.1) is 11.3 Å². The maximum atomic E-state index is 5.40. The number of hydrogen-bond acceptors (Lipinski definition) is 4. The van der Waals surface area contributed by atoms with Crippen molar-refractivity contribution < 1.29 is 8.94 Å².